The number of nitrogens with zero attached hydrogens (tertiary/aromatic N) is 5. The van der Waals surface area contributed by atoms with Crippen LogP contribution in [-0.4, -0.2) is 26.8 Å². The summed E-state index contributed by atoms with van der Waals surface area (Å²) in [5.41, 5.74) is 5.52. The molecule has 5 rings (SSSR count). The van der Waals surface area contributed by atoms with Crippen molar-refractivity contribution in [3.8, 4) is 0 Å². The zero-order valence-corrected chi connectivity index (χ0v) is 19.1. The molecule has 1 unspecified atom stereocenters. The van der Waals surface area contributed by atoms with E-state index in [2.05, 4.69) is 81.0 Å². The van der Waals surface area contributed by atoms with Gasteiger partial charge in [0.1, 0.15) is 0 Å². The first-order chi connectivity index (χ1) is 16.2. The Labute approximate surface area is 197 Å². The van der Waals surface area contributed by atoms with Gasteiger partial charge in [-0.15, -0.1) is 0 Å². The van der Waals surface area contributed by atoms with Gasteiger partial charge in [-0.05, 0) is 41.0 Å². The number of aromatic nitrogens is 3. The minimum absolute atomic E-state index is 0.150. The molecule has 1 aliphatic heterocycles. The number of rotatable bonds is 6. The fourth-order valence-corrected chi connectivity index (χ4v) is 4.20. The zero-order chi connectivity index (χ0) is 22.6. The molecule has 1 aromatic heterocycles. The summed E-state index contributed by atoms with van der Waals surface area (Å²) in [6.07, 6.45) is 3.41. The molecule has 0 radical (unpaired) electrons. The average Bonchev–Trinajstić information content (AvgIpc) is 3.48. The van der Waals surface area contributed by atoms with E-state index in [0.717, 1.165) is 41.2 Å². The van der Waals surface area contributed by atoms with E-state index in [9.17, 15) is 0 Å². The highest BCUT2D eigenvalue weighted by molar-refractivity contribution is 7.71. The van der Waals surface area contributed by atoms with Crippen molar-refractivity contribution in [2.75, 3.05) is 5.01 Å². The summed E-state index contributed by atoms with van der Waals surface area (Å²) < 4.78 is 2.15. The van der Waals surface area contributed by atoms with E-state index in [1.807, 2.05) is 31.2 Å². The topological polar surface area (TPSA) is 61.6 Å². The lowest BCUT2D eigenvalue weighted by Gasteiger charge is -2.24. The maximum absolute atomic E-state index is 5.27. The summed E-state index contributed by atoms with van der Waals surface area (Å²) in [6, 6.07) is 29.4. The maximum atomic E-state index is 5.27. The number of H-pyrrole nitrogens is 1. The third kappa shape index (κ3) is 4.40. The first kappa shape index (κ1) is 21.0. The van der Waals surface area contributed by atoms with Crippen LogP contribution in [0.5, 0.6) is 0 Å². The van der Waals surface area contributed by atoms with Crippen LogP contribution in [-0.2, 0) is 6.42 Å². The van der Waals surface area contributed by atoms with E-state index >= 15 is 0 Å². The van der Waals surface area contributed by atoms with Crippen LogP contribution in [0, 0.1) is 4.77 Å². The monoisotopic (exact) mass is 452 g/mol. The highest BCUT2D eigenvalue weighted by Gasteiger charge is 2.29. The van der Waals surface area contributed by atoms with Crippen molar-refractivity contribution in [1.29, 1.82) is 0 Å². The Balaban J connectivity index is 1.44. The van der Waals surface area contributed by atoms with Crippen molar-refractivity contribution in [2.24, 2.45) is 10.2 Å². The Hall–Kier alpha value is -3.84. The predicted molar refractivity (Wildman–Crippen MR) is 135 cm³/mol. The largest absolute Gasteiger partial charge is 0.257 e. The summed E-state index contributed by atoms with van der Waals surface area (Å²) in [7, 11) is 0. The van der Waals surface area contributed by atoms with Crippen molar-refractivity contribution in [1.82, 2.24) is 14.9 Å². The van der Waals surface area contributed by atoms with E-state index in [1.165, 1.54) is 5.56 Å². The number of nitrogens with one attached hydrogen (secondary N) is 1. The molecular formula is C26H24N6S. The molecule has 6 nitrogen and oxygen atoms in total. The molecule has 3 aromatic carbocycles. The van der Waals surface area contributed by atoms with Crippen LogP contribution in [0.3, 0.4) is 0 Å². The minimum Gasteiger partial charge on any atom is -0.257 e. The number of benzene rings is 3. The third-order valence-corrected chi connectivity index (χ3v) is 5.98. The molecule has 4 aromatic rings. The fraction of sp³-hybridized carbons (Fsp3) is 0.154. The SMILES string of the molecule is CCc1n[nH]c(=S)n1/N=C\c1ccc(N2N=C(c3ccccc3)CC2c2ccccc2)cc1. The summed E-state index contributed by atoms with van der Waals surface area (Å²) in [4.78, 5) is 0. The van der Waals surface area contributed by atoms with Gasteiger partial charge >= 0.3 is 0 Å². The van der Waals surface area contributed by atoms with Crippen LogP contribution in [0.1, 0.15) is 41.9 Å². The molecule has 7 heteroatoms. The van der Waals surface area contributed by atoms with Crippen molar-refractivity contribution >= 4 is 29.8 Å². The molecule has 0 saturated heterocycles. The van der Waals surface area contributed by atoms with E-state index in [-0.39, 0.29) is 6.04 Å². The van der Waals surface area contributed by atoms with E-state index < -0.39 is 0 Å². The van der Waals surface area contributed by atoms with Gasteiger partial charge in [-0.25, -0.2) is 0 Å². The van der Waals surface area contributed by atoms with Crippen molar-refractivity contribution in [2.45, 2.75) is 25.8 Å². The molecule has 1 atom stereocenters. The average molecular weight is 453 g/mol. The molecule has 0 amide bonds. The number of aromatic amines is 1. The number of aryl methyl sites for hydroxylation is 1. The minimum atomic E-state index is 0.150. The van der Waals surface area contributed by atoms with Crippen LogP contribution < -0.4 is 5.01 Å². The quantitative estimate of drug-likeness (QED) is 0.300. The first-order valence-corrected chi connectivity index (χ1v) is 11.4. The van der Waals surface area contributed by atoms with Crippen molar-refractivity contribution in [3.63, 3.8) is 0 Å². The second-order valence-electron chi connectivity index (χ2n) is 7.83. The highest BCUT2D eigenvalue weighted by atomic mass is 32.1. The Morgan fingerprint density at radius 3 is 2.39 bits per heavy atom. The normalized spacial score (nSPS) is 15.8. The summed E-state index contributed by atoms with van der Waals surface area (Å²) in [6.45, 7) is 2.02. The number of hydrogen-bond acceptors (Lipinski definition) is 5. The smallest absolute Gasteiger partial charge is 0.216 e. The molecule has 1 N–H and O–H groups in total. The lowest BCUT2D eigenvalue weighted by molar-refractivity contribution is 0.709. The highest BCUT2D eigenvalue weighted by Crippen LogP contribution is 2.36. The second-order valence-corrected chi connectivity index (χ2v) is 8.22. The molecule has 0 aliphatic carbocycles. The zero-order valence-electron chi connectivity index (χ0n) is 18.3. The molecular weight excluding hydrogens is 428 g/mol. The number of anilines is 1. The van der Waals surface area contributed by atoms with Gasteiger partial charge < -0.3 is 0 Å². The van der Waals surface area contributed by atoms with E-state index in [1.54, 1.807) is 10.9 Å². The van der Waals surface area contributed by atoms with Gasteiger partial charge in [0.2, 0.25) is 4.77 Å². The summed E-state index contributed by atoms with van der Waals surface area (Å²) in [5, 5.41) is 18.6. The van der Waals surface area contributed by atoms with Crippen LogP contribution in [0.2, 0.25) is 0 Å². The molecule has 2 heterocycles. The van der Waals surface area contributed by atoms with Gasteiger partial charge in [0, 0.05) is 12.8 Å². The Morgan fingerprint density at radius 2 is 1.70 bits per heavy atom. The molecule has 0 saturated carbocycles. The predicted octanol–water partition coefficient (Wildman–Crippen LogP) is 5.74. The van der Waals surface area contributed by atoms with Crippen LogP contribution >= 0.6 is 12.2 Å². The molecule has 164 valence electrons. The summed E-state index contributed by atoms with van der Waals surface area (Å²) in [5.74, 6) is 0.804. The number of hydrogen-bond donors (Lipinski definition) is 1. The van der Waals surface area contributed by atoms with Crippen molar-refractivity contribution in [3.05, 3.63) is 112 Å². The standard InChI is InChI=1S/C26H24N6S/c1-2-25-28-29-26(33)32(25)27-18-19-13-15-22(16-14-19)31-24(21-11-7-4-8-12-21)17-23(30-31)20-9-5-3-6-10-20/h3-16,18,24H,2,17H2,1H3,(H,29,33)/b27-18-. The first-order valence-electron chi connectivity index (χ1n) is 11.0. The Kier molecular flexibility index (Phi) is 5.95. The van der Waals surface area contributed by atoms with Gasteiger partial charge in [0.15, 0.2) is 5.82 Å². The van der Waals surface area contributed by atoms with E-state index in [4.69, 9.17) is 17.3 Å². The third-order valence-electron chi connectivity index (χ3n) is 5.72. The van der Waals surface area contributed by atoms with Crippen LogP contribution in [0.25, 0.3) is 0 Å². The maximum Gasteiger partial charge on any atom is 0.216 e. The molecule has 33 heavy (non-hydrogen) atoms. The van der Waals surface area contributed by atoms with Gasteiger partial charge in [-0.1, -0.05) is 79.7 Å². The fourth-order valence-electron chi connectivity index (χ4n) is 4.00. The lowest BCUT2D eigenvalue weighted by Crippen LogP contribution is -2.18. The van der Waals surface area contributed by atoms with E-state index in [0.29, 0.717) is 4.77 Å². The van der Waals surface area contributed by atoms with Gasteiger partial charge in [-0.2, -0.15) is 20.0 Å². The van der Waals surface area contributed by atoms with Gasteiger partial charge in [0.05, 0.1) is 23.7 Å². The van der Waals surface area contributed by atoms with Crippen molar-refractivity contribution < 1.29 is 0 Å². The molecule has 1 aliphatic rings. The second kappa shape index (κ2) is 9.34. The lowest BCUT2D eigenvalue weighted by atomic mass is 9.98. The molecule has 0 bridgehead atoms. The van der Waals surface area contributed by atoms with Gasteiger partial charge in [-0.3, -0.25) is 10.1 Å². The van der Waals surface area contributed by atoms with Crippen LogP contribution in [0.15, 0.2) is 95.1 Å². The Morgan fingerprint density at radius 1 is 1.00 bits per heavy atom. The molecule has 0 spiro atoms. The number of hydrazone groups is 1. The van der Waals surface area contributed by atoms with Gasteiger partial charge in [0.25, 0.3) is 0 Å². The van der Waals surface area contributed by atoms with Crippen LogP contribution in [0.4, 0.5) is 5.69 Å². The Bertz CT molecular complexity index is 1340. The summed E-state index contributed by atoms with van der Waals surface area (Å²) >= 11 is 5.27. The molecule has 0 fully saturated rings.